The van der Waals surface area contributed by atoms with Gasteiger partial charge in [-0.3, -0.25) is 0 Å². The first-order valence-electron chi connectivity index (χ1n) is 5.56. The van der Waals surface area contributed by atoms with Crippen LogP contribution in [-0.4, -0.2) is 22.6 Å². The molecule has 104 valence electrons. The fourth-order valence-electron chi connectivity index (χ4n) is 1.28. The van der Waals surface area contributed by atoms with Crippen molar-refractivity contribution in [3.05, 3.63) is 27.7 Å². The number of nitrogens with one attached hydrogen (secondary N) is 2. The molecule has 5 nitrogen and oxygen atoms in total. The van der Waals surface area contributed by atoms with Gasteiger partial charge >= 0.3 is 12.0 Å². The Morgan fingerprint density at radius 2 is 2.11 bits per heavy atom. The molecule has 2 amide bonds. The molecule has 0 saturated heterocycles. The van der Waals surface area contributed by atoms with E-state index >= 15 is 0 Å². The molecule has 19 heavy (non-hydrogen) atoms. The number of anilines is 1. The van der Waals surface area contributed by atoms with Crippen molar-refractivity contribution in [3.8, 4) is 0 Å². The van der Waals surface area contributed by atoms with Gasteiger partial charge in [-0.05, 0) is 47.5 Å². The average molecular weight is 350 g/mol. The van der Waals surface area contributed by atoms with Gasteiger partial charge in [0.05, 0.1) is 5.02 Å². The Labute approximate surface area is 124 Å². The molecule has 0 aliphatic rings. The molecule has 3 N–H and O–H groups in total. The van der Waals surface area contributed by atoms with Crippen molar-refractivity contribution in [2.45, 2.75) is 25.8 Å². The van der Waals surface area contributed by atoms with Crippen molar-refractivity contribution >= 4 is 45.2 Å². The Morgan fingerprint density at radius 3 is 2.58 bits per heavy atom. The third-order valence-corrected chi connectivity index (χ3v) is 3.96. The molecule has 0 spiro atoms. The van der Waals surface area contributed by atoms with Gasteiger partial charge < -0.3 is 15.7 Å². The number of carboxylic acids is 1. The first kappa shape index (κ1) is 15.8. The van der Waals surface area contributed by atoms with Gasteiger partial charge in [0.25, 0.3) is 0 Å². The zero-order valence-corrected chi connectivity index (χ0v) is 12.8. The first-order chi connectivity index (χ1) is 8.78. The molecule has 0 saturated carbocycles. The highest BCUT2D eigenvalue weighted by atomic mass is 79.9. The molecule has 0 bridgehead atoms. The van der Waals surface area contributed by atoms with Gasteiger partial charge in [-0.2, -0.15) is 0 Å². The Bertz CT molecular complexity index is 510. The fourth-order valence-corrected chi connectivity index (χ4v) is 1.78. The van der Waals surface area contributed by atoms with E-state index in [1.165, 1.54) is 6.92 Å². The van der Waals surface area contributed by atoms with Gasteiger partial charge in [0.2, 0.25) is 0 Å². The molecule has 1 aromatic rings. The second kappa shape index (κ2) is 6.25. The molecular formula is C12H14BrClN2O3. The van der Waals surface area contributed by atoms with E-state index < -0.39 is 17.5 Å². The zero-order valence-electron chi connectivity index (χ0n) is 10.5. The van der Waals surface area contributed by atoms with Crippen LogP contribution in [0.4, 0.5) is 10.5 Å². The van der Waals surface area contributed by atoms with Crippen molar-refractivity contribution in [2.75, 3.05) is 5.32 Å². The van der Waals surface area contributed by atoms with Crippen LogP contribution >= 0.6 is 27.5 Å². The smallest absolute Gasteiger partial charge is 0.329 e. The second-order valence-electron chi connectivity index (χ2n) is 4.20. The van der Waals surface area contributed by atoms with E-state index in [9.17, 15) is 9.59 Å². The average Bonchev–Trinajstić information content (AvgIpc) is 2.33. The van der Waals surface area contributed by atoms with Gasteiger partial charge in [-0.25, -0.2) is 9.59 Å². The number of amides is 2. The minimum Gasteiger partial charge on any atom is -0.480 e. The molecule has 1 aromatic carbocycles. The largest absolute Gasteiger partial charge is 0.480 e. The molecule has 0 aliphatic carbocycles. The van der Waals surface area contributed by atoms with Crippen molar-refractivity contribution < 1.29 is 14.7 Å². The third kappa shape index (κ3) is 4.11. The molecule has 1 rings (SSSR count). The van der Waals surface area contributed by atoms with E-state index in [1.807, 2.05) is 0 Å². The first-order valence-corrected chi connectivity index (χ1v) is 6.73. The predicted octanol–water partition coefficient (Wildman–Crippen LogP) is 3.48. The summed E-state index contributed by atoms with van der Waals surface area (Å²) in [6.45, 7) is 3.14. The number of halogens is 2. The highest BCUT2D eigenvalue weighted by molar-refractivity contribution is 9.10. The van der Waals surface area contributed by atoms with Crippen molar-refractivity contribution in [1.29, 1.82) is 0 Å². The number of carboxylic acid groups (broad SMARTS) is 1. The summed E-state index contributed by atoms with van der Waals surface area (Å²) in [7, 11) is 0. The van der Waals surface area contributed by atoms with Gasteiger partial charge in [0, 0.05) is 10.2 Å². The number of rotatable bonds is 4. The van der Waals surface area contributed by atoms with Crippen LogP contribution in [0.1, 0.15) is 20.3 Å². The molecule has 1 unspecified atom stereocenters. The monoisotopic (exact) mass is 348 g/mol. The summed E-state index contributed by atoms with van der Waals surface area (Å²) in [6, 6.07) is 4.29. The van der Waals surface area contributed by atoms with E-state index in [-0.39, 0.29) is 6.42 Å². The number of hydrogen-bond donors (Lipinski definition) is 3. The quantitative estimate of drug-likeness (QED) is 0.778. The molecule has 0 aromatic heterocycles. The lowest BCUT2D eigenvalue weighted by Crippen LogP contribution is -2.53. The summed E-state index contributed by atoms with van der Waals surface area (Å²) >= 11 is 9.07. The van der Waals surface area contributed by atoms with Crippen LogP contribution in [0.15, 0.2) is 22.7 Å². The predicted molar refractivity (Wildman–Crippen MR) is 77.6 cm³/mol. The van der Waals surface area contributed by atoms with E-state index in [0.717, 1.165) is 0 Å². The Hall–Kier alpha value is -1.27. The van der Waals surface area contributed by atoms with E-state index in [2.05, 4.69) is 26.6 Å². The van der Waals surface area contributed by atoms with Gasteiger partial charge in [-0.15, -0.1) is 0 Å². The van der Waals surface area contributed by atoms with Crippen LogP contribution in [0.5, 0.6) is 0 Å². The zero-order chi connectivity index (χ0) is 14.6. The SMILES string of the molecule is CCC(C)(NC(=O)Nc1ccc(Cl)c(Br)c1)C(=O)O. The number of aliphatic carboxylic acids is 1. The molecule has 7 heteroatoms. The topological polar surface area (TPSA) is 78.4 Å². The number of urea groups is 1. The van der Waals surface area contributed by atoms with Crippen molar-refractivity contribution in [1.82, 2.24) is 5.32 Å². The van der Waals surface area contributed by atoms with Gasteiger partial charge in [-0.1, -0.05) is 18.5 Å². The summed E-state index contributed by atoms with van der Waals surface area (Å²) in [5.74, 6) is -1.08. The highest BCUT2D eigenvalue weighted by Crippen LogP contribution is 2.25. The van der Waals surface area contributed by atoms with Crippen LogP contribution in [0.2, 0.25) is 5.02 Å². The number of carbonyl (C=O) groups excluding carboxylic acids is 1. The Morgan fingerprint density at radius 1 is 1.47 bits per heavy atom. The van der Waals surface area contributed by atoms with E-state index in [1.54, 1.807) is 25.1 Å². The molecule has 0 heterocycles. The summed E-state index contributed by atoms with van der Waals surface area (Å²) < 4.78 is 0.642. The molecule has 1 atom stereocenters. The summed E-state index contributed by atoms with van der Waals surface area (Å²) in [5.41, 5.74) is -0.786. The van der Waals surface area contributed by atoms with Crippen molar-refractivity contribution in [2.24, 2.45) is 0 Å². The lowest BCUT2D eigenvalue weighted by atomic mass is 10.00. The number of hydrogen-bond acceptors (Lipinski definition) is 2. The van der Waals surface area contributed by atoms with E-state index in [4.69, 9.17) is 16.7 Å². The van der Waals surface area contributed by atoms with Crippen LogP contribution in [0.25, 0.3) is 0 Å². The standard InChI is InChI=1S/C12H14BrClN2O3/c1-3-12(2,10(17)18)16-11(19)15-7-4-5-9(14)8(13)6-7/h4-6H,3H2,1-2H3,(H,17,18)(H2,15,16,19). The fraction of sp³-hybridized carbons (Fsp3) is 0.333. The molecule has 0 aliphatic heterocycles. The lowest BCUT2D eigenvalue weighted by Gasteiger charge is -2.24. The van der Waals surface area contributed by atoms with Gasteiger partial charge in [0.15, 0.2) is 0 Å². The maximum absolute atomic E-state index is 11.8. The minimum absolute atomic E-state index is 0.278. The van der Waals surface area contributed by atoms with Crippen LogP contribution in [0.3, 0.4) is 0 Å². The maximum atomic E-state index is 11.8. The van der Waals surface area contributed by atoms with Crippen LogP contribution in [-0.2, 0) is 4.79 Å². The van der Waals surface area contributed by atoms with Crippen LogP contribution < -0.4 is 10.6 Å². The second-order valence-corrected chi connectivity index (χ2v) is 5.46. The number of benzene rings is 1. The summed E-state index contributed by atoms with van der Waals surface area (Å²) in [4.78, 5) is 22.8. The Balaban J connectivity index is 2.75. The van der Waals surface area contributed by atoms with Crippen molar-refractivity contribution in [3.63, 3.8) is 0 Å². The normalized spacial score (nSPS) is 13.5. The van der Waals surface area contributed by atoms with Crippen LogP contribution in [0, 0.1) is 0 Å². The minimum atomic E-state index is -1.30. The maximum Gasteiger partial charge on any atom is 0.329 e. The highest BCUT2D eigenvalue weighted by Gasteiger charge is 2.32. The molecular weight excluding hydrogens is 336 g/mol. The lowest BCUT2D eigenvalue weighted by molar-refractivity contribution is -0.143. The Kier molecular flexibility index (Phi) is 5.20. The number of carbonyl (C=O) groups is 2. The summed E-state index contributed by atoms with van der Waals surface area (Å²) in [6.07, 6.45) is 0.278. The molecule has 0 fully saturated rings. The van der Waals surface area contributed by atoms with Gasteiger partial charge in [0.1, 0.15) is 5.54 Å². The third-order valence-electron chi connectivity index (χ3n) is 2.75. The molecule has 0 radical (unpaired) electrons. The summed E-state index contributed by atoms with van der Waals surface area (Å²) in [5, 5.41) is 14.6. The van der Waals surface area contributed by atoms with E-state index in [0.29, 0.717) is 15.2 Å².